The van der Waals surface area contributed by atoms with Gasteiger partial charge in [-0.3, -0.25) is 0 Å². The van der Waals surface area contributed by atoms with Crippen molar-refractivity contribution in [3.05, 3.63) is 35.6 Å². The van der Waals surface area contributed by atoms with Crippen LogP contribution >= 0.6 is 0 Å². The van der Waals surface area contributed by atoms with Crippen LogP contribution in [0.1, 0.15) is 18.0 Å². The second-order valence-electron chi connectivity index (χ2n) is 3.96. The Kier molecular flexibility index (Phi) is 3.34. The molecule has 1 aromatic carbocycles. The summed E-state index contributed by atoms with van der Waals surface area (Å²) in [6, 6.07) is 7.06. The third-order valence-electron chi connectivity index (χ3n) is 2.97. The topological polar surface area (TPSA) is 21.3 Å². The monoisotopic (exact) mass is 209 g/mol. The molecule has 82 valence electrons. The number of hydrogen-bond acceptors (Lipinski definition) is 2. The summed E-state index contributed by atoms with van der Waals surface area (Å²) in [5, 5.41) is 3.33. The third kappa shape index (κ3) is 2.19. The fraction of sp³-hybridized carbons (Fsp3) is 0.500. The molecule has 0 aromatic heterocycles. The molecule has 1 aliphatic rings. The summed E-state index contributed by atoms with van der Waals surface area (Å²) >= 11 is 0. The van der Waals surface area contributed by atoms with E-state index >= 15 is 0 Å². The molecule has 0 aliphatic carbocycles. The van der Waals surface area contributed by atoms with Crippen molar-refractivity contribution in [2.24, 2.45) is 5.92 Å². The first-order valence-corrected chi connectivity index (χ1v) is 5.29. The first-order chi connectivity index (χ1) is 7.33. The zero-order chi connectivity index (χ0) is 10.7. The minimum Gasteiger partial charge on any atom is -0.384 e. The quantitative estimate of drug-likeness (QED) is 0.823. The van der Waals surface area contributed by atoms with Gasteiger partial charge in [0.05, 0.1) is 6.61 Å². The van der Waals surface area contributed by atoms with Crippen LogP contribution in [0.4, 0.5) is 4.39 Å². The van der Waals surface area contributed by atoms with Crippen LogP contribution in [0.5, 0.6) is 0 Å². The molecule has 2 atom stereocenters. The number of hydrogen-bond donors (Lipinski definition) is 1. The fourth-order valence-electron chi connectivity index (χ4n) is 2.24. The highest BCUT2D eigenvalue weighted by molar-refractivity contribution is 5.23. The van der Waals surface area contributed by atoms with Crippen molar-refractivity contribution >= 4 is 0 Å². The Morgan fingerprint density at radius 3 is 3.00 bits per heavy atom. The first-order valence-electron chi connectivity index (χ1n) is 5.29. The van der Waals surface area contributed by atoms with Gasteiger partial charge in [0.1, 0.15) is 5.82 Å². The highest BCUT2D eigenvalue weighted by Crippen LogP contribution is 2.30. The van der Waals surface area contributed by atoms with Crippen LogP contribution < -0.4 is 5.32 Å². The lowest BCUT2D eigenvalue weighted by atomic mass is 9.94. The first kappa shape index (κ1) is 10.6. The smallest absolute Gasteiger partial charge is 0.127 e. The van der Waals surface area contributed by atoms with E-state index in [9.17, 15) is 4.39 Å². The van der Waals surface area contributed by atoms with Gasteiger partial charge in [-0.05, 0) is 19.0 Å². The lowest BCUT2D eigenvalue weighted by molar-refractivity contribution is 0.145. The van der Waals surface area contributed by atoms with E-state index in [0.717, 1.165) is 18.5 Å². The predicted octanol–water partition coefficient (Wildman–Crippen LogP) is 2.12. The Balaban J connectivity index is 2.19. The SMILES string of the molecule is COCC1CCNC1c1ccccc1F. The van der Waals surface area contributed by atoms with E-state index in [1.165, 1.54) is 6.07 Å². The van der Waals surface area contributed by atoms with Gasteiger partial charge in [0.25, 0.3) is 0 Å². The van der Waals surface area contributed by atoms with Gasteiger partial charge in [0, 0.05) is 24.6 Å². The summed E-state index contributed by atoms with van der Waals surface area (Å²) < 4.78 is 18.7. The molecule has 0 amide bonds. The Hall–Kier alpha value is -0.930. The van der Waals surface area contributed by atoms with Crippen molar-refractivity contribution in [2.75, 3.05) is 20.3 Å². The van der Waals surface area contributed by atoms with Crippen molar-refractivity contribution in [2.45, 2.75) is 12.5 Å². The van der Waals surface area contributed by atoms with E-state index in [0.29, 0.717) is 12.5 Å². The van der Waals surface area contributed by atoms with Crippen LogP contribution in [-0.4, -0.2) is 20.3 Å². The van der Waals surface area contributed by atoms with Gasteiger partial charge in [-0.15, -0.1) is 0 Å². The Labute approximate surface area is 89.4 Å². The molecule has 1 saturated heterocycles. The minimum atomic E-state index is -0.127. The van der Waals surface area contributed by atoms with E-state index in [-0.39, 0.29) is 11.9 Å². The number of nitrogens with one attached hydrogen (secondary N) is 1. The lowest BCUT2D eigenvalue weighted by Crippen LogP contribution is -2.21. The molecule has 2 unspecified atom stereocenters. The fourth-order valence-corrected chi connectivity index (χ4v) is 2.24. The molecule has 1 fully saturated rings. The van der Waals surface area contributed by atoms with Gasteiger partial charge in [-0.25, -0.2) is 4.39 Å². The molecule has 1 aliphatic heterocycles. The Morgan fingerprint density at radius 1 is 1.47 bits per heavy atom. The molecule has 1 N–H and O–H groups in total. The standard InChI is InChI=1S/C12H16FNO/c1-15-8-9-6-7-14-12(9)10-4-2-3-5-11(10)13/h2-5,9,12,14H,6-8H2,1H3. The summed E-state index contributed by atoms with van der Waals surface area (Å²) in [4.78, 5) is 0. The van der Waals surface area contributed by atoms with E-state index in [1.807, 2.05) is 12.1 Å². The average Bonchev–Trinajstić information content (AvgIpc) is 2.67. The lowest BCUT2D eigenvalue weighted by Gasteiger charge is -2.19. The number of ether oxygens (including phenoxy) is 1. The van der Waals surface area contributed by atoms with Crippen molar-refractivity contribution in [3.8, 4) is 0 Å². The second-order valence-corrected chi connectivity index (χ2v) is 3.96. The Bertz CT molecular complexity index is 329. The van der Waals surface area contributed by atoms with Gasteiger partial charge >= 0.3 is 0 Å². The van der Waals surface area contributed by atoms with Gasteiger partial charge in [-0.1, -0.05) is 18.2 Å². The summed E-state index contributed by atoms with van der Waals surface area (Å²) in [5.41, 5.74) is 0.761. The molecule has 2 nitrogen and oxygen atoms in total. The predicted molar refractivity (Wildman–Crippen MR) is 57.1 cm³/mol. The van der Waals surface area contributed by atoms with Crippen LogP contribution in [0.25, 0.3) is 0 Å². The van der Waals surface area contributed by atoms with Crippen LogP contribution in [0.2, 0.25) is 0 Å². The maximum atomic E-state index is 13.6. The third-order valence-corrected chi connectivity index (χ3v) is 2.97. The number of methoxy groups -OCH3 is 1. The number of rotatable bonds is 3. The van der Waals surface area contributed by atoms with Gasteiger partial charge in [0.15, 0.2) is 0 Å². The van der Waals surface area contributed by atoms with Gasteiger partial charge in [-0.2, -0.15) is 0 Å². The molecule has 0 radical (unpaired) electrons. The number of benzene rings is 1. The van der Waals surface area contributed by atoms with Gasteiger partial charge in [0.2, 0.25) is 0 Å². The normalized spacial score (nSPS) is 25.7. The molecule has 15 heavy (non-hydrogen) atoms. The van der Waals surface area contributed by atoms with Crippen LogP contribution in [0.15, 0.2) is 24.3 Å². The molecule has 1 aromatic rings. The largest absolute Gasteiger partial charge is 0.384 e. The molecule has 0 saturated carbocycles. The van der Waals surface area contributed by atoms with E-state index in [4.69, 9.17) is 4.74 Å². The molecule has 1 heterocycles. The van der Waals surface area contributed by atoms with Crippen molar-refractivity contribution in [1.82, 2.24) is 5.32 Å². The molecule has 2 rings (SSSR count). The van der Waals surface area contributed by atoms with Gasteiger partial charge < -0.3 is 10.1 Å². The molecule has 0 spiro atoms. The van der Waals surface area contributed by atoms with Crippen molar-refractivity contribution in [3.63, 3.8) is 0 Å². The molecular weight excluding hydrogens is 193 g/mol. The maximum Gasteiger partial charge on any atom is 0.127 e. The molecule has 3 heteroatoms. The highest BCUT2D eigenvalue weighted by Gasteiger charge is 2.29. The number of halogens is 1. The highest BCUT2D eigenvalue weighted by atomic mass is 19.1. The van der Waals surface area contributed by atoms with E-state index < -0.39 is 0 Å². The van der Waals surface area contributed by atoms with E-state index in [2.05, 4.69) is 5.32 Å². The van der Waals surface area contributed by atoms with Crippen LogP contribution in [0, 0.1) is 11.7 Å². The second kappa shape index (κ2) is 4.73. The summed E-state index contributed by atoms with van der Waals surface area (Å²) in [7, 11) is 1.69. The average molecular weight is 209 g/mol. The van der Waals surface area contributed by atoms with E-state index in [1.54, 1.807) is 13.2 Å². The minimum absolute atomic E-state index is 0.103. The van der Waals surface area contributed by atoms with Crippen molar-refractivity contribution < 1.29 is 9.13 Å². The van der Waals surface area contributed by atoms with Crippen LogP contribution in [-0.2, 0) is 4.74 Å². The molecular formula is C12H16FNO. The zero-order valence-electron chi connectivity index (χ0n) is 8.87. The summed E-state index contributed by atoms with van der Waals surface area (Å²) in [6.07, 6.45) is 1.05. The Morgan fingerprint density at radius 2 is 2.27 bits per heavy atom. The summed E-state index contributed by atoms with van der Waals surface area (Å²) in [5.74, 6) is 0.255. The maximum absolute atomic E-state index is 13.6. The zero-order valence-corrected chi connectivity index (χ0v) is 8.87. The van der Waals surface area contributed by atoms with Crippen molar-refractivity contribution in [1.29, 1.82) is 0 Å². The summed E-state index contributed by atoms with van der Waals surface area (Å²) in [6.45, 7) is 1.62. The molecule has 0 bridgehead atoms. The van der Waals surface area contributed by atoms with Crippen LogP contribution in [0.3, 0.4) is 0 Å².